The lowest BCUT2D eigenvalue weighted by molar-refractivity contribution is -0.130. The van der Waals surface area contributed by atoms with E-state index in [4.69, 9.17) is 11.6 Å². The number of fused-ring (bicyclic) bond motifs is 1. The SMILES string of the molecule is CN(C(=O)Cc1c[nH]c2cccc(Cl)c12)C1CCS(=O)(=O)C1. The first kappa shape index (κ1) is 15.4. The van der Waals surface area contributed by atoms with E-state index < -0.39 is 9.84 Å². The van der Waals surface area contributed by atoms with Gasteiger partial charge in [0.2, 0.25) is 5.91 Å². The van der Waals surface area contributed by atoms with E-state index in [2.05, 4.69) is 4.98 Å². The summed E-state index contributed by atoms with van der Waals surface area (Å²) in [6, 6.07) is 5.32. The Morgan fingerprint density at radius 2 is 2.23 bits per heavy atom. The summed E-state index contributed by atoms with van der Waals surface area (Å²) in [5.41, 5.74) is 1.72. The van der Waals surface area contributed by atoms with Gasteiger partial charge in [-0.05, 0) is 24.1 Å². The maximum absolute atomic E-state index is 12.4. The van der Waals surface area contributed by atoms with Crippen LogP contribution in [-0.4, -0.2) is 48.8 Å². The number of likely N-dealkylation sites (N-methyl/N-ethyl adjacent to an activating group) is 1. The Balaban J connectivity index is 1.79. The van der Waals surface area contributed by atoms with Crippen molar-refractivity contribution >= 4 is 38.2 Å². The monoisotopic (exact) mass is 340 g/mol. The Hall–Kier alpha value is -1.53. The van der Waals surface area contributed by atoms with E-state index in [9.17, 15) is 13.2 Å². The second-order valence-electron chi connectivity index (χ2n) is 5.71. The van der Waals surface area contributed by atoms with Gasteiger partial charge in [0.05, 0.1) is 22.9 Å². The van der Waals surface area contributed by atoms with Gasteiger partial charge in [0.25, 0.3) is 0 Å². The maximum Gasteiger partial charge on any atom is 0.227 e. The van der Waals surface area contributed by atoms with Crippen molar-refractivity contribution < 1.29 is 13.2 Å². The van der Waals surface area contributed by atoms with Crippen LogP contribution in [0.4, 0.5) is 0 Å². The molecule has 22 heavy (non-hydrogen) atoms. The van der Waals surface area contributed by atoms with Crippen molar-refractivity contribution in [3.63, 3.8) is 0 Å². The lowest BCUT2D eigenvalue weighted by Gasteiger charge is -2.23. The molecule has 1 atom stereocenters. The highest BCUT2D eigenvalue weighted by Gasteiger charge is 2.32. The third-order valence-corrected chi connectivity index (χ3v) is 6.29. The Labute approximate surface area is 134 Å². The van der Waals surface area contributed by atoms with Gasteiger partial charge in [-0.15, -0.1) is 0 Å². The van der Waals surface area contributed by atoms with Crippen molar-refractivity contribution in [2.24, 2.45) is 0 Å². The zero-order chi connectivity index (χ0) is 15.9. The molecule has 5 nitrogen and oxygen atoms in total. The first-order chi connectivity index (χ1) is 10.4. The normalized spacial score (nSPS) is 20.4. The molecular formula is C15H17ClN2O3S. The first-order valence-electron chi connectivity index (χ1n) is 7.08. The first-order valence-corrected chi connectivity index (χ1v) is 9.28. The Bertz CT molecular complexity index is 828. The average molecular weight is 341 g/mol. The van der Waals surface area contributed by atoms with E-state index in [1.165, 1.54) is 0 Å². The van der Waals surface area contributed by atoms with Gasteiger partial charge < -0.3 is 9.88 Å². The minimum atomic E-state index is -3.00. The molecule has 1 saturated heterocycles. The third-order valence-electron chi connectivity index (χ3n) is 4.23. The van der Waals surface area contributed by atoms with Crippen molar-refractivity contribution in [2.75, 3.05) is 18.6 Å². The van der Waals surface area contributed by atoms with Gasteiger partial charge in [-0.25, -0.2) is 8.42 Å². The molecule has 1 fully saturated rings. The second-order valence-corrected chi connectivity index (χ2v) is 8.35. The molecule has 1 aliphatic heterocycles. The van der Waals surface area contributed by atoms with Crippen LogP contribution in [0.15, 0.2) is 24.4 Å². The van der Waals surface area contributed by atoms with Gasteiger partial charge in [-0.2, -0.15) is 0 Å². The summed E-state index contributed by atoms with van der Waals surface area (Å²) in [7, 11) is -1.33. The number of nitrogens with zero attached hydrogens (tertiary/aromatic N) is 1. The van der Waals surface area contributed by atoms with E-state index in [0.29, 0.717) is 11.4 Å². The van der Waals surface area contributed by atoms with Gasteiger partial charge in [-0.3, -0.25) is 4.79 Å². The summed E-state index contributed by atoms with van der Waals surface area (Å²) < 4.78 is 23.1. The highest BCUT2D eigenvalue weighted by Crippen LogP contribution is 2.27. The maximum atomic E-state index is 12.4. The van der Waals surface area contributed by atoms with E-state index >= 15 is 0 Å². The van der Waals surface area contributed by atoms with Gasteiger partial charge in [0.1, 0.15) is 0 Å². The molecule has 0 spiro atoms. The fourth-order valence-electron chi connectivity index (χ4n) is 2.92. The third kappa shape index (κ3) is 2.85. The minimum Gasteiger partial charge on any atom is -0.361 e. The molecule has 1 amide bonds. The number of benzene rings is 1. The Kier molecular flexibility index (Phi) is 3.91. The van der Waals surface area contributed by atoms with Crippen molar-refractivity contribution in [1.29, 1.82) is 0 Å². The van der Waals surface area contributed by atoms with Gasteiger partial charge >= 0.3 is 0 Å². The van der Waals surface area contributed by atoms with Crippen LogP contribution in [0.3, 0.4) is 0 Å². The predicted octanol–water partition coefficient (Wildman–Crippen LogP) is 2.01. The van der Waals surface area contributed by atoms with Crippen LogP contribution < -0.4 is 0 Å². The molecule has 7 heteroatoms. The molecule has 1 N–H and O–H groups in total. The summed E-state index contributed by atoms with van der Waals surface area (Å²) in [6.07, 6.45) is 2.50. The number of carbonyl (C=O) groups excluding carboxylic acids is 1. The van der Waals surface area contributed by atoms with E-state index in [1.54, 1.807) is 24.2 Å². The van der Waals surface area contributed by atoms with Crippen LogP contribution in [-0.2, 0) is 21.1 Å². The number of nitrogens with one attached hydrogen (secondary N) is 1. The van der Waals surface area contributed by atoms with Crippen molar-refractivity contribution in [1.82, 2.24) is 9.88 Å². The standard InChI is InChI=1S/C15H17ClN2O3S/c1-18(11-5-6-22(20,21)9-11)14(19)7-10-8-17-13-4-2-3-12(16)15(10)13/h2-4,8,11,17H,5-7,9H2,1H3. The molecule has 1 unspecified atom stereocenters. The number of carbonyl (C=O) groups is 1. The fraction of sp³-hybridized carbons (Fsp3) is 0.400. The van der Waals surface area contributed by atoms with Gasteiger partial charge in [-0.1, -0.05) is 17.7 Å². The van der Waals surface area contributed by atoms with E-state index in [0.717, 1.165) is 16.5 Å². The number of hydrogen-bond acceptors (Lipinski definition) is 3. The molecule has 118 valence electrons. The number of hydrogen-bond donors (Lipinski definition) is 1. The molecule has 1 aromatic heterocycles. The number of amides is 1. The molecule has 1 aliphatic rings. The molecule has 1 aromatic carbocycles. The smallest absolute Gasteiger partial charge is 0.227 e. The number of aromatic nitrogens is 1. The number of rotatable bonds is 3. The molecule has 2 aromatic rings. The molecule has 0 radical (unpaired) electrons. The zero-order valence-corrected chi connectivity index (χ0v) is 13.7. The molecule has 3 rings (SSSR count). The Morgan fingerprint density at radius 1 is 1.45 bits per heavy atom. The Morgan fingerprint density at radius 3 is 2.91 bits per heavy atom. The number of aromatic amines is 1. The summed E-state index contributed by atoms with van der Waals surface area (Å²) in [5.74, 6) is 0.126. The summed E-state index contributed by atoms with van der Waals surface area (Å²) in [6.45, 7) is 0. The summed E-state index contributed by atoms with van der Waals surface area (Å²) >= 11 is 6.21. The molecule has 0 bridgehead atoms. The van der Waals surface area contributed by atoms with Crippen LogP contribution in [0, 0.1) is 0 Å². The van der Waals surface area contributed by atoms with Crippen LogP contribution in [0.2, 0.25) is 5.02 Å². The van der Waals surface area contributed by atoms with Crippen molar-refractivity contribution in [2.45, 2.75) is 18.9 Å². The van der Waals surface area contributed by atoms with Crippen LogP contribution in [0.5, 0.6) is 0 Å². The summed E-state index contributed by atoms with van der Waals surface area (Å²) in [5, 5.41) is 1.46. The number of H-pyrrole nitrogens is 1. The quantitative estimate of drug-likeness (QED) is 0.929. The van der Waals surface area contributed by atoms with E-state index in [1.807, 2.05) is 12.1 Å². The highest BCUT2D eigenvalue weighted by molar-refractivity contribution is 7.91. The largest absolute Gasteiger partial charge is 0.361 e. The predicted molar refractivity (Wildman–Crippen MR) is 86.8 cm³/mol. The number of sulfone groups is 1. The summed E-state index contributed by atoms with van der Waals surface area (Å²) in [4.78, 5) is 17.1. The second kappa shape index (κ2) is 5.59. The minimum absolute atomic E-state index is 0.0594. The van der Waals surface area contributed by atoms with Crippen LogP contribution in [0.25, 0.3) is 10.9 Å². The van der Waals surface area contributed by atoms with Gasteiger partial charge in [0, 0.05) is 30.2 Å². The zero-order valence-electron chi connectivity index (χ0n) is 12.2. The molecular weight excluding hydrogens is 324 g/mol. The van der Waals surface area contributed by atoms with Crippen LogP contribution in [0.1, 0.15) is 12.0 Å². The lowest BCUT2D eigenvalue weighted by atomic mass is 10.1. The molecule has 0 aliphatic carbocycles. The molecule has 2 heterocycles. The highest BCUT2D eigenvalue weighted by atomic mass is 35.5. The fourth-order valence-corrected chi connectivity index (χ4v) is 4.99. The van der Waals surface area contributed by atoms with Crippen LogP contribution >= 0.6 is 11.6 Å². The topological polar surface area (TPSA) is 70.2 Å². The molecule has 0 saturated carbocycles. The number of halogens is 1. The van der Waals surface area contributed by atoms with Crippen molar-refractivity contribution in [3.8, 4) is 0 Å². The van der Waals surface area contributed by atoms with Crippen molar-refractivity contribution in [3.05, 3.63) is 35.0 Å². The lowest BCUT2D eigenvalue weighted by Crippen LogP contribution is -2.38. The van der Waals surface area contributed by atoms with Gasteiger partial charge in [0.15, 0.2) is 9.84 Å². The van der Waals surface area contributed by atoms with E-state index in [-0.39, 0.29) is 29.9 Å². The average Bonchev–Trinajstić information content (AvgIpc) is 3.02.